The van der Waals surface area contributed by atoms with Crippen molar-refractivity contribution in [3.8, 4) is 45.7 Å². The zero-order valence-corrected chi connectivity index (χ0v) is 20.5. The van der Waals surface area contributed by atoms with Crippen LogP contribution in [0, 0.1) is 6.92 Å². The van der Waals surface area contributed by atoms with Crippen molar-refractivity contribution in [2.24, 2.45) is 7.05 Å². The zero-order valence-electron chi connectivity index (χ0n) is 20.5. The van der Waals surface area contributed by atoms with Gasteiger partial charge in [0, 0.05) is 19.3 Å². The Balaban J connectivity index is 0.000000283. The number of hydrogen-bond acceptors (Lipinski definition) is 7. The van der Waals surface area contributed by atoms with E-state index < -0.39 is 5.97 Å². The zero-order chi connectivity index (χ0) is 27.4. The van der Waals surface area contributed by atoms with Gasteiger partial charge in [-0.25, -0.2) is 14.5 Å². The smallest absolute Gasteiger partial charge is 0.335 e. The molecule has 5 aromatic rings. The maximum absolute atomic E-state index is 11.1. The summed E-state index contributed by atoms with van der Waals surface area (Å²) >= 11 is 0. The lowest BCUT2D eigenvalue weighted by atomic mass is 10.1. The van der Waals surface area contributed by atoms with Gasteiger partial charge in [0.1, 0.15) is 11.5 Å². The predicted molar refractivity (Wildman–Crippen MR) is 141 cm³/mol. The van der Waals surface area contributed by atoms with Crippen LogP contribution >= 0.6 is 0 Å². The van der Waals surface area contributed by atoms with Crippen LogP contribution in [0.25, 0.3) is 28.5 Å². The maximum Gasteiger partial charge on any atom is 0.335 e. The average Bonchev–Trinajstić information content (AvgIpc) is 3.35. The molecular weight excluding hydrogens is 488 g/mol. The normalized spacial score (nSPS) is 10.5. The van der Waals surface area contributed by atoms with Crippen LogP contribution in [0.4, 0.5) is 0 Å². The summed E-state index contributed by atoms with van der Waals surface area (Å²) in [5.41, 5.74) is 1.88. The molecule has 0 aliphatic heterocycles. The lowest BCUT2D eigenvalue weighted by Gasteiger charge is -2.07. The van der Waals surface area contributed by atoms with Gasteiger partial charge in [0.2, 0.25) is 5.43 Å². The highest BCUT2D eigenvalue weighted by molar-refractivity contribution is 5.87. The van der Waals surface area contributed by atoms with Crippen molar-refractivity contribution >= 4 is 5.97 Å². The number of carbonyl (C=O) groups is 1. The van der Waals surface area contributed by atoms with Gasteiger partial charge in [0.25, 0.3) is 0 Å². The largest absolute Gasteiger partial charge is 0.507 e. The minimum absolute atomic E-state index is 0.0298. The highest BCUT2D eigenvalue weighted by Crippen LogP contribution is 2.33. The number of nitrogens with zero attached hydrogens (tertiary/aromatic N) is 4. The van der Waals surface area contributed by atoms with Crippen molar-refractivity contribution in [2.45, 2.75) is 6.92 Å². The molecule has 2 aromatic heterocycles. The molecule has 0 saturated heterocycles. The van der Waals surface area contributed by atoms with Gasteiger partial charge in [0.15, 0.2) is 17.4 Å². The molecule has 0 fully saturated rings. The van der Waals surface area contributed by atoms with E-state index in [4.69, 9.17) is 10.2 Å². The lowest BCUT2D eigenvalue weighted by Crippen LogP contribution is -2.06. The first kappa shape index (κ1) is 25.7. The second kappa shape index (κ2) is 10.7. The van der Waals surface area contributed by atoms with Gasteiger partial charge in [-0.15, -0.1) is 5.10 Å². The topological polar surface area (TPSA) is 151 Å². The van der Waals surface area contributed by atoms with Crippen LogP contribution in [-0.2, 0) is 7.05 Å². The number of aromatic nitrogens is 4. The molecule has 3 aromatic carbocycles. The first-order valence-corrected chi connectivity index (χ1v) is 11.4. The molecule has 2 heterocycles. The third-order valence-electron chi connectivity index (χ3n) is 5.81. The number of aryl methyl sites for hydroxylation is 1. The van der Waals surface area contributed by atoms with E-state index in [1.54, 1.807) is 79.3 Å². The van der Waals surface area contributed by atoms with Gasteiger partial charge in [-0.1, -0.05) is 24.3 Å². The van der Waals surface area contributed by atoms with Crippen molar-refractivity contribution < 1.29 is 25.2 Å². The SMILES string of the molecule is Cc1c(O)c(=O)ccn1C.O=C(O)c1ccc(-n2nc(-c3ccccc3O)nc2-c2ccccc2O)cc1. The first-order valence-electron chi connectivity index (χ1n) is 11.4. The molecule has 0 aliphatic carbocycles. The number of hydrogen-bond donors (Lipinski definition) is 4. The van der Waals surface area contributed by atoms with Crippen molar-refractivity contribution in [1.29, 1.82) is 0 Å². The minimum Gasteiger partial charge on any atom is -0.507 e. The summed E-state index contributed by atoms with van der Waals surface area (Å²) in [4.78, 5) is 26.4. The number of benzene rings is 3. The van der Waals surface area contributed by atoms with E-state index in [1.165, 1.54) is 28.9 Å². The summed E-state index contributed by atoms with van der Waals surface area (Å²) in [7, 11) is 1.77. The van der Waals surface area contributed by atoms with E-state index in [0.29, 0.717) is 28.3 Å². The molecule has 10 nitrogen and oxygen atoms in total. The van der Waals surface area contributed by atoms with Crippen molar-refractivity contribution in [2.75, 3.05) is 0 Å². The number of aromatic carboxylic acids is 1. The lowest BCUT2D eigenvalue weighted by molar-refractivity contribution is 0.0697. The molecule has 0 atom stereocenters. The summed E-state index contributed by atoms with van der Waals surface area (Å²) in [6, 6.07) is 20.9. The second-order valence-electron chi connectivity index (χ2n) is 8.28. The van der Waals surface area contributed by atoms with Gasteiger partial charge in [-0.3, -0.25) is 4.79 Å². The Bertz CT molecular complexity index is 1670. The van der Waals surface area contributed by atoms with Crippen molar-refractivity contribution in [3.05, 3.63) is 107 Å². The number of phenolic OH excluding ortho intramolecular Hbond substituents is 2. The third-order valence-corrected chi connectivity index (χ3v) is 5.81. The minimum atomic E-state index is -1.03. The van der Waals surface area contributed by atoms with E-state index in [0.717, 1.165) is 0 Å². The molecule has 5 rings (SSSR count). The highest BCUT2D eigenvalue weighted by Gasteiger charge is 2.19. The number of rotatable bonds is 4. The molecule has 0 radical (unpaired) electrons. The Morgan fingerprint density at radius 3 is 1.95 bits per heavy atom. The molecule has 10 heteroatoms. The van der Waals surface area contributed by atoms with E-state index in [-0.39, 0.29) is 34.1 Å². The van der Waals surface area contributed by atoms with Gasteiger partial charge >= 0.3 is 5.97 Å². The second-order valence-corrected chi connectivity index (χ2v) is 8.28. The van der Waals surface area contributed by atoms with Crippen LogP contribution < -0.4 is 5.43 Å². The number of phenols is 2. The van der Waals surface area contributed by atoms with Crippen molar-refractivity contribution in [3.63, 3.8) is 0 Å². The summed E-state index contributed by atoms with van der Waals surface area (Å²) < 4.78 is 3.19. The number of para-hydroxylation sites is 2. The van der Waals surface area contributed by atoms with Crippen LogP contribution in [-0.4, -0.2) is 45.7 Å². The van der Waals surface area contributed by atoms with Crippen LogP contribution in [0.1, 0.15) is 16.1 Å². The van der Waals surface area contributed by atoms with E-state index in [9.17, 15) is 19.8 Å². The highest BCUT2D eigenvalue weighted by atomic mass is 16.4. The molecule has 0 amide bonds. The van der Waals surface area contributed by atoms with Gasteiger partial charge in [0.05, 0.1) is 28.1 Å². The fraction of sp³-hybridized carbons (Fsp3) is 0.0714. The molecule has 0 aliphatic rings. The summed E-state index contributed by atoms with van der Waals surface area (Å²) in [6.07, 6.45) is 1.62. The predicted octanol–water partition coefficient (Wildman–Crippen LogP) is 4.11. The van der Waals surface area contributed by atoms with Crippen LogP contribution in [0.2, 0.25) is 0 Å². The number of carboxylic acids is 1. The molecule has 0 spiro atoms. The quantitative estimate of drug-likeness (QED) is 0.281. The fourth-order valence-electron chi connectivity index (χ4n) is 3.57. The molecule has 0 saturated carbocycles. The average molecular weight is 513 g/mol. The number of aromatic hydroxyl groups is 3. The molecule has 0 unspecified atom stereocenters. The van der Waals surface area contributed by atoms with E-state index in [2.05, 4.69) is 10.1 Å². The van der Waals surface area contributed by atoms with Crippen LogP contribution in [0.15, 0.2) is 89.9 Å². The molecular formula is C28H24N4O6. The van der Waals surface area contributed by atoms with Gasteiger partial charge in [-0.2, -0.15) is 0 Å². The standard InChI is InChI=1S/C21H15N3O4.C7H9NO2/c25-17-7-3-1-5-15(17)19-22-20(16-6-2-4-8-18(16)26)24(23-19)14-11-9-13(10-12-14)21(27)28;1-5-7(10)6(9)3-4-8(5)2/h1-12,25-26H,(H,27,28);3-4,10H,1-2H3. The summed E-state index contributed by atoms with van der Waals surface area (Å²) in [5, 5.41) is 43.1. The third kappa shape index (κ3) is 5.24. The van der Waals surface area contributed by atoms with E-state index >= 15 is 0 Å². The fourth-order valence-corrected chi connectivity index (χ4v) is 3.57. The Kier molecular flexibility index (Phi) is 7.24. The van der Waals surface area contributed by atoms with Crippen molar-refractivity contribution in [1.82, 2.24) is 19.3 Å². The maximum atomic E-state index is 11.1. The van der Waals surface area contributed by atoms with Gasteiger partial charge in [-0.05, 0) is 55.5 Å². The Morgan fingerprint density at radius 2 is 1.39 bits per heavy atom. The van der Waals surface area contributed by atoms with E-state index in [1.807, 2.05) is 0 Å². The number of pyridine rings is 1. The van der Waals surface area contributed by atoms with Crippen LogP contribution in [0.3, 0.4) is 0 Å². The molecule has 38 heavy (non-hydrogen) atoms. The van der Waals surface area contributed by atoms with Gasteiger partial charge < -0.3 is 25.0 Å². The first-order chi connectivity index (χ1) is 18.2. The Labute approximate surface area is 217 Å². The molecule has 192 valence electrons. The Morgan fingerprint density at radius 1 is 0.816 bits per heavy atom. The Hall–Kier alpha value is -5.38. The monoisotopic (exact) mass is 512 g/mol. The molecule has 0 bridgehead atoms. The summed E-state index contributed by atoms with van der Waals surface area (Å²) in [5.74, 6) is -0.490. The number of carboxylic acid groups (broad SMARTS) is 1. The molecule has 4 N–H and O–H groups in total. The van der Waals surface area contributed by atoms with Crippen LogP contribution in [0.5, 0.6) is 17.2 Å². The summed E-state index contributed by atoms with van der Waals surface area (Å²) in [6.45, 7) is 1.69.